The molecule has 0 aromatic heterocycles. The van der Waals surface area contributed by atoms with Crippen LogP contribution in [0.15, 0.2) is 12.1 Å². The topological polar surface area (TPSA) is 72.6 Å². The Hall–Kier alpha value is -2.18. The average Bonchev–Trinajstić information content (AvgIpc) is 2.39. The molecule has 0 aliphatic carbocycles. The zero-order chi connectivity index (χ0) is 15.4. The van der Waals surface area contributed by atoms with E-state index in [-0.39, 0.29) is 5.69 Å². The summed E-state index contributed by atoms with van der Waals surface area (Å²) < 4.78 is 31.9. The van der Waals surface area contributed by atoms with E-state index in [9.17, 15) is 18.4 Å². The van der Waals surface area contributed by atoms with Crippen LogP contribution in [0.1, 0.15) is 24.2 Å². The second-order valence-electron chi connectivity index (χ2n) is 4.43. The number of amides is 1. The van der Waals surface area contributed by atoms with Crippen LogP contribution < -0.4 is 5.73 Å². The number of hydrogen-bond acceptors (Lipinski definition) is 4. The maximum Gasteiger partial charge on any atom is 0.325 e. The summed E-state index contributed by atoms with van der Waals surface area (Å²) in [6.45, 7) is 2.83. The second-order valence-corrected chi connectivity index (χ2v) is 4.43. The van der Waals surface area contributed by atoms with E-state index < -0.39 is 41.7 Å². The van der Waals surface area contributed by atoms with Gasteiger partial charge in [-0.25, -0.2) is 8.78 Å². The number of anilines is 1. The lowest BCUT2D eigenvalue weighted by Gasteiger charge is -2.26. The summed E-state index contributed by atoms with van der Waals surface area (Å²) in [6.07, 6.45) is 0. The fourth-order valence-corrected chi connectivity index (χ4v) is 1.60. The normalized spacial score (nSPS) is 10.5. The second kappa shape index (κ2) is 6.31. The molecule has 0 heterocycles. The zero-order valence-corrected chi connectivity index (χ0v) is 11.4. The SMILES string of the molecule is COC(=O)CN(C(=O)c1c(F)ccc(N)c1F)C(C)C. The summed E-state index contributed by atoms with van der Waals surface area (Å²) >= 11 is 0. The predicted octanol–water partition coefficient (Wildman–Crippen LogP) is 1.57. The number of nitrogen functional groups attached to an aromatic ring is 1. The first-order valence-corrected chi connectivity index (χ1v) is 5.90. The Morgan fingerprint density at radius 3 is 2.45 bits per heavy atom. The van der Waals surface area contributed by atoms with Gasteiger partial charge in [-0.2, -0.15) is 0 Å². The van der Waals surface area contributed by atoms with E-state index >= 15 is 0 Å². The molecule has 1 aromatic carbocycles. The first-order chi connectivity index (χ1) is 9.29. The maximum absolute atomic E-state index is 13.8. The summed E-state index contributed by atoms with van der Waals surface area (Å²) in [4.78, 5) is 24.5. The van der Waals surface area contributed by atoms with Crippen LogP contribution in [0.2, 0.25) is 0 Å². The van der Waals surface area contributed by atoms with Crippen molar-refractivity contribution >= 4 is 17.6 Å². The molecule has 20 heavy (non-hydrogen) atoms. The molecular weight excluding hydrogens is 270 g/mol. The van der Waals surface area contributed by atoms with Crippen LogP contribution in [0.3, 0.4) is 0 Å². The first kappa shape index (κ1) is 15.9. The number of methoxy groups -OCH3 is 1. The van der Waals surface area contributed by atoms with E-state index in [1.54, 1.807) is 13.8 Å². The fourth-order valence-electron chi connectivity index (χ4n) is 1.60. The lowest BCUT2D eigenvalue weighted by Crippen LogP contribution is -2.41. The van der Waals surface area contributed by atoms with E-state index in [0.717, 1.165) is 24.1 Å². The summed E-state index contributed by atoms with van der Waals surface area (Å²) in [6, 6.07) is 1.49. The van der Waals surface area contributed by atoms with Gasteiger partial charge in [-0.1, -0.05) is 0 Å². The molecule has 1 amide bonds. The highest BCUT2D eigenvalue weighted by atomic mass is 19.1. The number of nitrogens with zero attached hydrogens (tertiary/aromatic N) is 1. The van der Waals surface area contributed by atoms with Crippen molar-refractivity contribution in [1.29, 1.82) is 0 Å². The van der Waals surface area contributed by atoms with Crippen LogP contribution in [0, 0.1) is 11.6 Å². The number of esters is 1. The highest BCUT2D eigenvalue weighted by Gasteiger charge is 2.28. The number of hydrogen-bond donors (Lipinski definition) is 1. The van der Waals surface area contributed by atoms with E-state index in [4.69, 9.17) is 5.73 Å². The lowest BCUT2D eigenvalue weighted by atomic mass is 10.1. The molecular formula is C13H16F2N2O3. The van der Waals surface area contributed by atoms with Crippen LogP contribution in [0.25, 0.3) is 0 Å². The Kier molecular flexibility index (Phi) is 5.01. The minimum Gasteiger partial charge on any atom is -0.468 e. The van der Waals surface area contributed by atoms with Crippen molar-refractivity contribution in [3.05, 3.63) is 29.3 Å². The molecule has 0 atom stereocenters. The number of ether oxygens (including phenoxy) is 1. The minimum absolute atomic E-state index is 0.337. The molecule has 110 valence electrons. The molecule has 0 aliphatic heterocycles. The molecule has 1 aromatic rings. The van der Waals surface area contributed by atoms with Crippen molar-refractivity contribution in [1.82, 2.24) is 4.90 Å². The van der Waals surface area contributed by atoms with Crippen molar-refractivity contribution in [3.8, 4) is 0 Å². The van der Waals surface area contributed by atoms with Gasteiger partial charge in [0.2, 0.25) is 0 Å². The van der Waals surface area contributed by atoms with Crippen molar-refractivity contribution in [2.24, 2.45) is 0 Å². The third kappa shape index (κ3) is 3.23. The largest absolute Gasteiger partial charge is 0.468 e. The molecule has 0 radical (unpaired) electrons. The molecule has 0 bridgehead atoms. The van der Waals surface area contributed by atoms with Crippen molar-refractivity contribution in [2.75, 3.05) is 19.4 Å². The summed E-state index contributed by atoms with van der Waals surface area (Å²) in [5.74, 6) is -3.80. The highest BCUT2D eigenvalue weighted by molar-refractivity contribution is 5.97. The monoisotopic (exact) mass is 286 g/mol. The quantitative estimate of drug-likeness (QED) is 0.673. The summed E-state index contributed by atoms with van der Waals surface area (Å²) in [5, 5.41) is 0. The van der Waals surface area contributed by atoms with Crippen molar-refractivity contribution in [2.45, 2.75) is 19.9 Å². The van der Waals surface area contributed by atoms with E-state index in [1.165, 1.54) is 0 Å². The van der Waals surface area contributed by atoms with Gasteiger partial charge in [0.15, 0.2) is 5.82 Å². The van der Waals surface area contributed by atoms with Crippen LogP contribution in [0.5, 0.6) is 0 Å². The van der Waals surface area contributed by atoms with Gasteiger partial charge in [-0.3, -0.25) is 9.59 Å². The number of halogens is 2. The first-order valence-electron chi connectivity index (χ1n) is 5.90. The Balaban J connectivity index is 3.20. The zero-order valence-electron chi connectivity index (χ0n) is 11.4. The molecule has 7 heteroatoms. The van der Waals surface area contributed by atoms with Gasteiger partial charge >= 0.3 is 5.97 Å². The lowest BCUT2D eigenvalue weighted by molar-refractivity contribution is -0.141. The number of rotatable bonds is 4. The molecule has 5 nitrogen and oxygen atoms in total. The number of nitrogens with two attached hydrogens (primary N) is 1. The van der Waals surface area contributed by atoms with Gasteiger partial charge < -0.3 is 15.4 Å². The van der Waals surface area contributed by atoms with Crippen molar-refractivity contribution < 1.29 is 23.1 Å². The predicted molar refractivity (Wildman–Crippen MR) is 69.0 cm³/mol. The molecule has 1 rings (SSSR count). The third-order valence-electron chi connectivity index (χ3n) is 2.75. The Labute approximate surface area is 115 Å². The van der Waals surface area contributed by atoms with E-state index in [2.05, 4.69) is 4.74 Å². The van der Waals surface area contributed by atoms with Gasteiger partial charge in [0.25, 0.3) is 5.91 Å². The van der Waals surface area contributed by atoms with Gasteiger partial charge in [-0.05, 0) is 26.0 Å². The molecule has 0 saturated heterocycles. The molecule has 0 spiro atoms. The minimum atomic E-state index is -1.13. The Bertz CT molecular complexity index is 533. The van der Waals surface area contributed by atoms with Crippen molar-refractivity contribution in [3.63, 3.8) is 0 Å². The molecule has 2 N–H and O–H groups in total. The number of carbonyl (C=O) groups excluding carboxylic acids is 2. The van der Waals surface area contributed by atoms with Crippen LogP contribution >= 0.6 is 0 Å². The smallest absolute Gasteiger partial charge is 0.325 e. The molecule has 0 fully saturated rings. The Morgan fingerprint density at radius 2 is 1.95 bits per heavy atom. The molecule has 0 unspecified atom stereocenters. The van der Waals surface area contributed by atoms with Gasteiger partial charge in [-0.15, -0.1) is 0 Å². The van der Waals surface area contributed by atoms with Crippen LogP contribution in [-0.2, 0) is 9.53 Å². The summed E-state index contributed by atoms with van der Waals surface area (Å²) in [5.41, 5.74) is 4.22. The average molecular weight is 286 g/mol. The van der Waals surface area contributed by atoms with Crippen LogP contribution in [-0.4, -0.2) is 36.5 Å². The highest BCUT2D eigenvalue weighted by Crippen LogP contribution is 2.21. The fraction of sp³-hybridized carbons (Fsp3) is 0.385. The van der Waals surface area contributed by atoms with E-state index in [0.29, 0.717) is 0 Å². The maximum atomic E-state index is 13.8. The van der Waals surface area contributed by atoms with E-state index in [1.807, 2.05) is 0 Å². The van der Waals surface area contributed by atoms with Gasteiger partial charge in [0.05, 0.1) is 12.8 Å². The van der Waals surface area contributed by atoms with Crippen LogP contribution in [0.4, 0.5) is 14.5 Å². The summed E-state index contributed by atoms with van der Waals surface area (Å²) in [7, 11) is 1.16. The third-order valence-corrected chi connectivity index (χ3v) is 2.75. The standard InChI is InChI=1S/C13H16F2N2O3/c1-7(2)17(6-10(18)20-3)13(19)11-8(14)4-5-9(16)12(11)15/h4-5,7H,6,16H2,1-3H3. The van der Waals surface area contributed by atoms with Gasteiger partial charge in [0, 0.05) is 6.04 Å². The number of carbonyl (C=O) groups is 2. The number of benzene rings is 1. The Morgan fingerprint density at radius 1 is 1.35 bits per heavy atom. The molecule has 0 saturated carbocycles. The van der Waals surface area contributed by atoms with Gasteiger partial charge in [0.1, 0.15) is 17.9 Å². The molecule has 0 aliphatic rings.